The Labute approximate surface area is 153 Å². The third-order valence-corrected chi connectivity index (χ3v) is 5.05. The molecule has 0 aromatic carbocycles. The molecule has 1 atom stereocenters. The van der Waals surface area contributed by atoms with Crippen molar-refractivity contribution in [2.45, 2.75) is 31.7 Å². The largest absolute Gasteiger partial charge is 0.330 e. The summed E-state index contributed by atoms with van der Waals surface area (Å²) in [6, 6.07) is 2.00. The van der Waals surface area contributed by atoms with Crippen LogP contribution in [0.3, 0.4) is 0 Å². The first-order chi connectivity index (χ1) is 12.1. The zero-order valence-corrected chi connectivity index (χ0v) is 15.6. The first-order valence-corrected chi connectivity index (χ1v) is 9.22. The van der Waals surface area contributed by atoms with Gasteiger partial charge in [-0.05, 0) is 34.8 Å². The number of hydrogen-bond acceptors (Lipinski definition) is 4. The van der Waals surface area contributed by atoms with Gasteiger partial charge in [0, 0.05) is 32.2 Å². The van der Waals surface area contributed by atoms with E-state index in [2.05, 4.69) is 31.1 Å². The van der Waals surface area contributed by atoms with Gasteiger partial charge in [-0.2, -0.15) is 10.2 Å². The molecule has 0 N–H and O–H groups in total. The first-order valence-electron chi connectivity index (χ1n) is 8.43. The maximum atomic E-state index is 13.3. The standard InChI is InChI=1S/C17H19BrN6O/c1-22-8-6-14(21-22)15-5-3-2-4-7-23(15)17(25)13-10-20-24-11-12(18)9-19-16(13)24/h6,8-11,15H,2-5,7H2,1H3. The summed E-state index contributed by atoms with van der Waals surface area (Å²) in [6.45, 7) is 0.730. The molecule has 1 unspecified atom stereocenters. The lowest BCUT2D eigenvalue weighted by molar-refractivity contribution is 0.0678. The second-order valence-corrected chi connectivity index (χ2v) is 7.29. The third-order valence-electron chi connectivity index (χ3n) is 4.64. The number of aryl methyl sites for hydroxylation is 1. The first kappa shape index (κ1) is 16.3. The van der Waals surface area contributed by atoms with Crippen LogP contribution in [0.5, 0.6) is 0 Å². The molecule has 0 saturated carbocycles. The third kappa shape index (κ3) is 3.06. The quantitative estimate of drug-likeness (QED) is 0.660. The average Bonchev–Trinajstić information content (AvgIpc) is 3.12. The van der Waals surface area contributed by atoms with E-state index in [9.17, 15) is 4.79 Å². The Morgan fingerprint density at radius 2 is 2.16 bits per heavy atom. The molecule has 7 nitrogen and oxygen atoms in total. The van der Waals surface area contributed by atoms with Gasteiger partial charge in [-0.1, -0.05) is 12.8 Å². The van der Waals surface area contributed by atoms with Gasteiger partial charge < -0.3 is 4.90 Å². The topological polar surface area (TPSA) is 68.3 Å². The van der Waals surface area contributed by atoms with Gasteiger partial charge in [0.1, 0.15) is 5.56 Å². The molecule has 1 aliphatic heterocycles. The van der Waals surface area contributed by atoms with Crippen LogP contribution >= 0.6 is 15.9 Å². The van der Waals surface area contributed by atoms with Crippen molar-refractivity contribution >= 4 is 27.5 Å². The number of rotatable bonds is 2. The van der Waals surface area contributed by atoms with Crippen LogP contribution in [0.4, 0.5) is 0 Å². The number of halogens is 1. The van der Waals surface area contributed by atoms with Crippen LogP contribution < -0.4 is 0 Å². The monoisotopic (exact) mass is 402 g/mol. The number of amides is 1. The lowest BCUT2D eigenvalue weighted by Gasteiger charge is -2.28. The predicted molar refractivity (Wildman–Crippen MR) is 96.1 cm³/mol. The van der Waals surface area contributed by atoms with Crippen molar-refractivity contribution in [2.24, 2.45) is 7.05 Å². The SMILES string of the molecule is Cn1ccc(C2CCCCCN2C(=O)c2cnn3cc(Br)cnc23)n1. The summed E-state index contributed by atoms with van der Waals surface area (Å²) < 4.78 is 4.24. The van der Waals surface area contributed by atoms with Crippen LogP contribution in [0.25, 0.3) is 5.65 Å². The number of fused-ring (bicyclic) bond motifs is 1. The zero-order chi connectivity index (χ0) is 17.4. The molecule has 0 bridgehead atoms. The smallest absolute Gasteiger partial charge is 0.259 e. The number of carbonyl (C=O) groups is 1. The van der Waals surface area contributed by atoms with Gasteiger partial charge in [-0.15, -0.1) is 0 Å². The number of aromatic nitrogens is 5. The predicted octanol–water partition coefficient (Wildman–Crippen LogP) is 2.98. The molecule has 3 aromatic heterocycles. The van der Waals surface area contributed by atoms with E-state index in [1.54, 1.807) is 27.8 Å². The Hall–Kier alpha value is -2.22. The maximum Gasteiger partial charge on any atom is 0.259 e. The Bertz CT molecular complexity index is 917. The van der Waals surface area contributed by atoms with E-state index in [0.29, 0.717) is 11.2 Å². The summed E-state index contributed by atoms with van der Waals surface area (Å²) in [5.41, 5.74) is 2.07. The van der Waals surface area contributed by atoms with Crippen molar-refractivity contribution in [3.05, 3.63) is 46.6 Å². The minimum atomic E-state index is -0.0256. The molecule has 1 aliphatic rings. The molecule has 4 heterocycles. The number of likely N-dealkylation sites (tertiary alicyclic amines) is 1. The summed E-state index contributed by atoms with van der Waals surface area (Å²) in [4.78, 5) is 19.6. The van der Waals surface area contributed by atoms with Gasteiger partial charge in [-0.3, -0.25) is 9.48 Å². The average molecular weight is 403 g/mol. The van der Waals surface area contributed by atoms with Crippen LogP contribution in [0.1, 0.15) is 47.8 Å². The van der Waals surface area contributed by atoms with Crippen molar-refractivity contribution in [2.75, 3.05) is 6.54 Å². The summed E-state index contributed by atoms with van der Waals surface area (Å²) in [7, 11) is 1.90. The van der Waals surface area contributed by atoms with Crippen LogP contribution in [-0.2, 0) is 7.05 Å². The second kappa shape index (κ2) is 6.59. The second-order valence-electron chi connectivity index (χ2n) is 6.38. The molecular formula is C17H19BrN6O. The molecule has 1 fully saturated rings. The molecule has 0 radical (unpaired) electrons. The molecule has 3 aromatic rings. The summed E-state index contributed by atoms with van der Waals surface area (Å²) in [5.74, 6) is -0.0256. The van der Waals surface area contributed by atoms with Crippen LogP contribution in [0.2, 0.25) is 0 Å². The van der Waals surface area contributed by atoms with Crippen molar-refractivity contribution in [1.82, 2.24) is 29.3 Å². The van der Waals surface area contributed by atoms with Crippen molar-refractivity contribution < 1.29 is 4.79 Å². The highest BCUT2D eigenvalue weighted by atomic mass is 79.9. The molecular weight excluding hydrogens is 384 g/mol. The minimum absolute atomic E-state index is 0.00148. The van der Waals surface area contributed by atoms with E-state index in [1.165, 1.54) is 0 Å². The van der Waals surface area contributed by atoms with E-state index < -0.39 is 0 Å². The van der Waals surface area contributed by atoms with Gasteiger partial charge in [-0.25, -0.2) is 9.50 Å². The van der Waals surface area contributed by atoms with Crippen LogP contribution in [0.15, 0.2) is 35.3 Å². The lowest BCUT2D eigenvalue weighted by atomic mass is 10.1. The van der Waals surface area contributed by atoms with Crippen molar-refractivity contribution in [1.29, 1.82) is 0 Å². The Balaban J connectivity index is 1.72. The van der Waals surface area contributed by atoms with Crippen LogP contribution in [-0.4, -0.2) is 41.7 Å². The minimum Gasteiger partial charge on any atom is -0.330 e. The summed E-state index contributed by atoms with van der Waals surface area (Å²) >= 11 is 3.38. The van der Waals surface area contributed by atoms with E-state index >= 15 is 0 Å². The van der Waals surface area contributed by atoms with E-state index in [4.69, 9.17) is 0 Å². The molecule has 4 rings (SSSR count). The fourth-order valence-electron chi connectivity index (χ4n) is 3.43. The Kier molecular flexibility index (Phi) is 4.29. The Morgan fingerprint density at radius 1 is 1.28 bits per heavy atom. The zero-order valence-electron chi connectivity index (χ0n) is 14.0. The van der Waals surface area contributed by atoms with Gasteiger partial charge in [0.15, 0.2) is 5.65 Å². The molecule has 0 aliphatic carbocycles. The van der Waals surface area contributed by atoms with Crippen molar-refractivity contribution in [3.8, 4) is 0 Å². The summed E-state index contributed by atoms with van der Waals surface area (Å²) in [6.07, 6.45) is 11.2. The fraction of sp³-hybridized carbons (Fsp3) is 0.412. The maximum absolute atomic E-state index is 13.3. The molecule has 1 amide bonds. The number of carbonyl (C=O) groups excluding carboxylic acids is 1. The molecule has 0 spiro atoms. The van der Waals surface area contributed by atoms with Gasteiger partial charge in [0.25, 0.3) is 5.91 Å². The molecule has 1 saturated heterocycles. The highest BCUT2D eigenvalue weighted by Gasteiger charge is 2.30. The summed E-state index contributed by atoms with van der Waals surface area (Å²) in [5, 5.41) is 8.82. The van der Waals surface area contributed by atoms with Gasteiger partial charge >= 0.3 is 0 Å². The highest BCUT2D eigenvalue weighted by Crippen LogP contribution is 2.31. The number of nitrogens with zero attached hydrogens (tertiary/aromatic N) is 6. The lowest BCUT2D eigenvalue weighted by Crippen LogP contribution is -2.35. The van der Waals surface area contributed by atoms with E-state index in [0.717, 1.165) is 42.4 Å². The Morgan fingerprint density at radius 3 is 2.96 bits per heavy atom. The normalized spacial score (nSPS) is 18.5. The fourth-order valence-corrected chi connectivity index (χ4v) is 3.72. The molecule has 130 valence electrons. The van der Waals surface area contributed by atoms with Crippen molar-refractivity contribution in [3.63, 3.8) is 0 Å². The van der Waals surface area contributed by atoms with E-state index in [1.807, 2.05) is 24.2 Å². The van der Waals surface area contributed by atoms with E-state index in [-0.39, 0.29) is 11.9 Å². The van der Waals surface area contributed by atoms with Crippen LogP contribution in [0, 0.1) is 0 Å². The molecule has 25 heavy (non-hydrogen) atoms. The van der Waals surface area contributed by atoms with Gasteiger partial charge in [0.05, 0.1) is 22.4 Å². The molecule has 8 heteroatoms. The highest BCUT2D eigenvalue weighted by molar-refractivity contribution is 9.10. The number of hydrogen-bond donors (Lipinski definition) is 0. The van der Waals surface area contributed by atoms with Gasteiger partial charge in [0.2, 0.25) is 0 Å².